The van der Waals surface area contributed by atoms with Gasteiger partial charge in [-0.05, 0) is 29.8 Å². The first-order chi connectivity index (χ1) is 9.16. The van der Waals surface area contributed by atoms with Crippen molar-refractivity contribution < 1.29 is 0 Å². The molecular formula is C15H16ClN3. The quantitative estimate of drug-likeness (QED) is 0.677. The zero-order chi connectivity index (χ0) is 13.7. The van der Waals surface area contributed by atoms with Crippen molar-refractivity contribution in [1.82, 2.24) is 0 Å². The third-order valence-corrected chi connectivity index (χ3v) is 3.01. The minimum atomic E-state index is 0.655. The van der Waals surface area contributed by atoms with Crippen LogP contribution < -0.4 is 10.3 Å². The van der Waals surface area contributed by atoms with E-state index in [0.717, 1.165) is 16.9 Å². The Morgan fingerprint density at radius 2 is 1.74 bits per heavy atom. The first-order valence-electron chi connectivity index (χ1n) is 5.98. The fourth-order valence-electron chi connectivity index (χ4n) is 1.59. The van der Waals surface area contributed by atoms with E-state index in [1.54, 1.807) is 6.21 Å². The molecular weight excluding hydrogens is 258 g/mol. The van der Waals surface area contributed by atoms with Gasteiger partial charge in [-0.1, -0.05) is 35.9 Å². The molecule has 0 aliphatic carbocycles. The summed E-state index contributed by atoms with van der Waals surface area (Å²) >= 11 is 6.02. The highest BCUT2D eigenvalue weighted by molar-refractivity contribution is 6.33. The monoisotopic (exact) mass is 273 g/mol. The number of hydrazone groups is 1. The standard InChI is InChI=1S/C15H16ClN3/c1-19(2)13-9-7-12(8-10-13)11-17-18-15-6-4-3-5-14(15)16/h3-11,18H,1-2H3. The summed E-state index contributed by atoms with van der Waals surface area (Å²) in [6, 6.07) is 15.7. The van der Waals surface area contributed by atoms with Gasteiger partial charge in [0.15, 0.2) is 0 Å². The molecule has 0 atom stereocenters. The van der Waals surface area contributed by atoms with Gasteiger partial charge in [-0.25, -0.2) is 0 Å². The first-order valence-corrected chi connectivity index (χ1v) is 6.35. The zero-order valence-electron chi connectivity index (χ0n) is 11.0. The highest BCUT2D eigenvalue weighted by atomic mass is 35.5. The molecule has 2 rings (SSSR count). The molecule has 0 aliphatic heterocycles. The lowest BCUT2D eigenvalue weighted by Crippen LogP contribution is -2.08. The number of nitrogens with one attached hydrogen (secondary N) is 1. The van der Waals surface area contributed by atoms with Gasteiger partial charge < -0.3 is 4.90 Å². The van der Waals surface area contributed by atoms with E-state index in [1.165, 1.54) is 0 Å². The second kappa shape index (κ2) is 6.25. The van der Waals surface area contributed by atoms with Gasteiger partial charge in [-0.3, -0.25) is 5.43 Å². The Morgan fingerprint density at radius 3 is 2.37 bits per heavy atom. The summed E-state index contributed by atoms with van der Waals surface area (Å²) < 4.78 is 0. The molecule has 0 aliphatic rings. The van der Waals surface area contributed by atoms with Crippen LogP contribution in [0.4, 0.5) is 11.4 Å². The van der Waals surface area contributed by atoms with E-state index in [0.29, 0.717) is 5.02 Å². The van der Waals surface area contributed by atoms with Crippen LogP contribution in [0.25, 0.3) is 0 Å². The molecule has 0 unspecified atom stereocenters. The SMILES string of the molecule is CN(C)c1ccc(C=NNc2ccccc2Cl)cc1. The number of rotatable bonds is 4. The maximum absolute atomic E-state index is 6.02. The van der Waals surface area contributed by atoms with E-state index in [1.807, 2.05) is 50.5 Å². The van der Waals surface area contributed by atoms with Gasteiger partial charge >= 0.3 is 0 Å². The summed E-state index contributed by atoms with van der Waals surface area (Å²) in [6.45, 7) is 0. The Balaban J connectivity index is 2.01. The molecule has 2 aromatic carbocycles. The van der Waals surface area contributed by atoms with Crippen LogP contribution in [0.3, 0.4) is 0 Å². The fourth-order valence-corrected chi connectivity index (χ4v) is 1.76. The predicted molar refractivity (Wildman–Crippen MR) is 83.4 cm³/mol. The Hall–Kier alpha value is -2.00. The molecule has 19 heavy (non-hydrogen) atoms. The van der Waals surface area contributed by atoms with Crippen LogP contribution in [-0.4, -0.2) is 20.3 Å². The number of anilines is 2. The number of hydrogen-bond acceptors (Lipinski definition) is 3. The van der Waals surface area contributed by atoms with Crippen molar-refractivity contribution in [3.05, 3.63) is 59.1 Å². The van der Waals surface area contributed by atoms with Crippen molar-refractivity contribution in [3.8, 4) is 0 Å². The molecule has 3 nitrogen and oxygen atoms in total. The average molecular weight is 274 g/mol. The summed E-state index contributed by atoms with van der Waals surface area (Å²) in [6.07, 6.45) is 1.77. The van der Waals surface area contributed by atoms with Gasteiger partial charge in [0.25, 0.3) is 0 Å². The molecule has 98 valence electrons. The van der Waals surface area contributed by atoms with Crippen molar-refractivity contribution >= 4 is 29.2 Å². The highest BCUT2D eigenvalue weighted by Gasteiger charge is 1.96. The Morgan fingerprint density at radius 1 is 1.05 bits per heavy atom. The number of halogens is 1. The number of nitrogens with zero attached hydrogens (tertiary/aromatic N) is 2. The summed E-state index contributed by atoms with van der Waals surface area (Å²) in [5, 5.41) is 4.83. The lowest BCUT2D eigenvalue weighted by molar-refractivity contribution is 1.13. The van der Waals surface area contributed by atoms with Gasteiger partial charge in [0, 0.05) is 19.8 Å². The topological polar surface area (TPSA) is 27.6 Å². The lowest BCUT2D eigenvalue weighted by atomic mass is 10.2. The van der Waals surface area contributed by atoms with E-state index >= 15 is 0 Å². The van der Waals surface area contributed by atoms with Crippen molar-refractivity contribution in [1.29, 1.82) is 0 Å². The molecule has 0 saturated carbocycles. The maximum Gasteiger partial charge on any atom is 0.0748 e. The third kappa shape index (κ3) is 3.73. The second-order valence-electron chi connectivity index (χ2n) is 4.34. The molecule has 2 aromatic rings. The van der Waals surface area contributed by atoms with Crippen molar-refractivity contribution in [2.24, 2.45) is 5.10 Å². The number of hydrogen-bond donors (Lipinski definition) is 1. The lowest BCUT2D eigenvalue weighted by Gasteiger charge is -2.11. The largest absolute Gasteiger partial charge is 0.378 e. The molecule has 0 amide bonds. The van der Waals surface area contributed by atoms with Gasteiger partial charge in [0.2, 0.25) is 0 Å². The highest BCUT2D eigenvalue weighted by Crippen LogP contribution is 2.20. The van der Waals surface area contributed by atoms with Crippen LogP contribution in [0.5, 0.6) is 0 Å². The van der Waals surface area contributed by atoms with Crippen molar-refractivity contribution in [2.75, 3.05) is 24.4 Å². The van der Waals surface area contributed by atoms with Crippen LogP contribution in [-0.2, 0) is 0 Å². The number of para-hydroxylation sites is 1. The molecule has 0 heterocycles. The maximum atomic E-state index is 6.02. The zero-order valence-corrected chi connectivity index (χ0v) is 11.7. The van der Waals surface area contributed by atoms with E-state index in [-0.39, 0.29) is 0 Å². The predicted octanol–water partition coefficient (Wildman–Crippen LogP) is 3.85. The van der Waals surface area contributed by atoms with E-state index < -0.39 is 0 Å². The molecule has 4 heteroatoms. The molecule has 0 bridgehead atoms. The average Bonchev–Trinajstić information content (AvgIpc) is 2.41. The van der Waals surface area contributed by atoms with Crippen molar-refractivity contribution in [2.45, 2.75) is 0 Å². The minimum absolute atomic E-state index is 0.655. The van der Waals surface area contributed by atoms with Gasteiger partial charge in [0.05, 0.1) is 16.9 Å². The minimum Gasteiger partial charge on any atom is -0.378 e. The van der Waals surface area contributed by atoms with Gasteiger partial charge in [-0.15, -0.1) is 0 Å². The normalized spacial score (nSPS) is 10.7. The smallest absolute Gasteiger partial charge is 0.0748 e. The first kappa shape index (κ1) is 13.4. The van der Waals surface area contributed by atoms with Crippen molar-refractivity contribution in [3.63, 3.8) is 0 Å². The van der Waals surface area contributed by atoms with Crippen LogP contribution in [0.1, 0.15) is 5.56 Å². The third-order valence-electron chi connectivity index (χ3n) is 2.68. The van der Waals surface area contributed by atoms with Crippen LogP contribution >= 0.6 is 11.6 Å². The molecule has 0 spiro atoms. The number of benzene rings is 2. The molecule has 0 saturated heterocycles. The summed E-state index contributed by atoms with van der Waals surface area (Å²) in [7, 11) is 4.03. The van der Waals surface area contributed by atoms with Crippen LogP contribution in [0.15, 0.2) is 53.6 Å². The van der Waals surface area contributed by atoms with E-state index in [9.17, 15) is 0 Å². The van der Waals surface area contributed by atoms with Gasteiger partial charge in [-0.2, -0.15) is 5.10 Å². The van der Waals surface area contributed by atoms with Crippen LogP contribution in [0, 0.1) is 0 Å². The molecule has 0 fully saturated rings. The second-order valence-corrected chi connectivity index (χ2v) is 4.74. The molecule has 1 N–H and O–H groups in total. The summed E-state index contributed by atoms with van der Waals surface area (Å²) in [5.41, 5.74) is 5.92. The van der Waals surface area contributed by atoms with E-state index in [4.69, 9.17) is 11.6 Å². The summed E-state index contributed by atoms with van der Waals surface area (Å²) in [4.78, 5) is 2.06. The molecule has 0 aromatic heterocycles. The van der Waals surface area contributed by atoms with Crippen LogP contribution in [0.2, 0.25) is 5.02 Å². The van der Waals surface area contributed by atoms with E-state index in [2.05, 4.69) is 27.6 Å². The molecule has 0 radical (unpaired) electrons. The Bertz CT molecular complexity index is 562. The fraction of sp³-hybridized carbons (Fsp3) is 0.133. The Kier molecular flexibility index (Phi) is 4.42. The Labute approximate surface area is 118 Å². The summed E-state index contributed by atoms with van der Waals surface area (Å²) in [5.74, 6) is 0. The van der Waals surface area contributed by atoms with Gasteiger partial charge in [0.1, 0.15) is 0 Å².